The van der Waals surface area contributed by atoms with Crippen LogP contribution in [0, 0.1) is 0 Å². The first-order chi connectivity index (χ1) is 9.79. The molecule has 110 valence electrons. The summed E-state index contributed by atoms with van der Waals surface area (Å²) >= 11 is 0. The summed E-state index contributed by atoms with van der Waals surface area (Å²) in [5.74, 6) is 0. The number of morpholine rings is 1. The van der Waals surface area contributed by atoms with Crippen LogP contribution >= 0.6 is 0 Å². The number of nitrogens with zero attached hydrogens (tertiary/aromatic N) is 1. The van der Waals surface area contributed by atoms with Crippen molar-refractivity contribution in [2.75, 3.05) is 26.2 Å². The van der Waals surface area contributed by atoms with Crippen LogP contribution in [0.1, 0.15) is 30.9 Å². The van der Waals surface area contributed by atoms with Crippen molar-refractivity contribution >= 4 is 0 Å². The average molecular weight is 274 g/mol. The van der Waals surface area contributed by atoms with E-state index < -0.39 is 0 Å². The van der Waals surface area contributed by atoms with Gasteiger partial charge in [-0.1, -0.05) is 24.3 Å². The molecule has 1 heterocycles. The lowest BCUT2D eigenvalue weighted by molar-refractivity contribution is -0.0212. The van der Waals surface area contributed by atoms with Crippen LogP contribution in [0.2, 0.25) is 0 Å². The SMILES string of the molecule is CC1CN(Cc2ccc(CCNC3CC3)cc2)CCO1. The number of benzene rings is 1. The van der Waals surface area contributed by atoms with Crippen molar-refractivity contribution in [3.8, 4) is 0 Å². The van der Waals surface area contributed by atoms with Gasteiger partial charge < -0.3 is 10.1 Å². The van der Waals surface area contributed by atoms with E-state index in [2.05, 4.69) is 41.4 Å². The zero-order chi connectivity index (χ0) is 13.8. The number of hydrogen-bond donors (Lipinski definition) is 1. The van der Waals surface area contributed by atoms with Crippen LogP contribution in [0.25, 0.3) is 0 Å². The maximum atomic E-state index is 5.58. The van der Waals surface area contributed by atoms with Crippen LogP contribution in [0.15, 0.2) is 24.3 Å². The minimum Gasteiger partial charge on any atom is -0.376 e. The van der Waals surface area contributed by atoms with Gasteiger partial charge in [-0.15, -0.1) is 0 Å². The minimum atomic E-state index is 0.372. The molecule has 1 atom stereocenters. The van der Waals surface area contributed by atoms with Crippen molar-refractivity contribution < 1.29 is 4.74 Å². The number of nitrogens with one attached hydrogen (secondary N) is 1. The monoisotopic (exact) mass is 274 g/mol. The largest absolute Gasteiger partial charge is 0.376 e. The van der Waals surface area contributed by atoms with E-state index in [9.17, 15) is 0 Å². The molecular formula is C17H26N2O. The Morgan fingerprint density at radius 3 is 2.65 bits per heavy atom. The van der Waals surface area contributed by atoms with E-state index in [1.165, 1.54) is 24.0 Å². The van der Waals surface area contributed by atoms with Crippen LogP contribution in [0.5, 0.6) is 0 Å². The van der Waals surface area contributed by atoms with Crippen LogP contribution in [-0.2, 0) is 17.7 Å². The van der Waals surface area contributed by atoms with Gasteiger partial charge in [-0.05, 0) is 43.9 Å². The predicted octanol–water partition coefficient (Wildman–Crippen LogP) is 2.20. The van der Waals surface area contributed by atoms with E-state index in [0.717, 1.165) is 45.2 Å². The molecule has 1 N–H and O–H groups in total. The average Bonchev–Trinajstić information content (AvgIpc) is 3.25. The van der Waals surface area contributed by atoms with Crippen LogP contribution in [0.4, 0.5) is 0 Å². The lowest BCUT2D eigenvalue weighted by atomic mass is 10.1. The lowest BCUT2D eigenvalue weighted by Gasteiger charge is -2.31. The molecule has 20 heavy (non-hydrogen) atoms. The van der Waals surface area contributed by atoms with E-state index in [-0.39, 0.29) is 0 Å². The molecule has 1 saturated heterocycles. The summed E-state index contributed by atoms with van der Waals surface area (Å²) in [7, 11) is 0. The molecule has 1 saturated carbocycles. The smallest absolute Gasteiger partial charge is 0.0674 e. The normalized spacial score (nSPS) is 23.9. The second kappa shape index (κ2) is 6.70. The van der Waals surface area contributed by atoms with Gasteiger partial charge in [-0.25, -0.2) is 0 Å². The van der Waals surface area contributed by atoms with Crippen molar-refractivity contribution in [2.24, 2.45) is 0 Å². The summed E-state index contributed by atoms with van der Waals surface area (Å²) in [4.78, 5) is 2.48. The predicted molar refractivity (Wildman–Crippen MR) is 81.9 cm³/mol. The highest BCUT2D eigenvalue weighted by atomic mass is 16.5. The van der Waals surface area contributed by atoms with Gasteiger partial charge in [0.15, 0.2) is 0 Å². The molecule has 0 radical (unpaired) electrons. The fourth-order valence-electron chi connectivity index (χ4n) is 2.81. The summed E-state index contributed by atoms with van der Waals surface area (Å²) in [5, 5.41) is 3.57. The van der Waals surface area contributed by atoms with Gasteiger partial charge in [-0.3, -0.25) is 4.90 Å². The Bertz CT molecular complexity index is 414. The number of ether oxygens (including phenoxy) is 1. The van der Waals surface area contributed by atoms with E-state index in [1.54, 1.807) is 0 Å². The van der Waals surface area contributed by atoms with E-state index >= 15 is 0 Å². The second-order valence-electron chi connectivity index (χ2n) is 6.21. The molecule has 3 rings (SSSR count). The van der Waals surface area contributed by atoms with E-state index in [1.807, 2.05) is 0 Å². The Labute approximate surface area is 122 Å². The van der Waals surface area contributed by atoms with Gasteiger partial charge in [0.05, 0.1) is 12.7 Å². The molecule has 0 amide bonds. The maximum Gasteiger partial charge on any atom is 0.0674 e. The van der Waals surface area contributed by atoms with Crippen molar-refractivity contribution in [3.63, 3.8) is 0 Å². The summed E-state index contributed by atoms with van der Waals surface area (Å²) in [5.41, 5.74) is 2.86. The fraction of sp³-hybridized carbons (Fsp3) is 0.647. The molecule has 1 aromatic rings. The van der Waals surface area contributed by atoms with E-state index in [4.69, 9.17) is 4.74 Å². The third-order valence-electron chi connectivity index (χ3n) is 4.18. The third-order valence-corrected chi connectivity index (χ3v) is 4.18. The Balaban J connectivity index is 1.45. The van der Waals surface area contributed by atoms with Gasteiger partial charge in [0, 0.05) is 25.7 Å². The van der Waals surface area contributed by atoms with Gasteiger partial charge in [-0.2, -0.15) is 0 Å². The van der Waals surface area contributed by atoms with Crippen LogP contribution in [-0.4, -0.2) is 43.3 Å². The molecule has 3 nitrogen and oxygen atoms in total. The standard InChI is InChI=1S/C17H26N2O/c1-14-12-19(10-11-20-14)13-16-4-2-15(3-5-16)8-9-18-17-6-7-17/h2-5,14,17-18H,6-13H2,1H3. The summed E-state index contributed by atoms with van der Waals surface area (Å²) in [6.45, 7) is 7.29. The zero-order valence-corrected chi connectivity index (χ0v) is 12.5. The molecular weight excluding hydrogens is 248 g/mol. The number of rotatable bonds is 6. The first-order valence-electron chi connectivity index (χ1n) is 7.95. The third kappa shape index (κ3) is 4.30. The lowest BCUT2D eigenvalue weighted by Crippen LogP contribution is -2.40. The second-order valence-corrected chi connectivity index (χ2v) is 6.21. The Hall–Kier alpha value is -0.900. The topological polar surface area (TPSA) is 24.5 Å². The minimum absolute atomic E-state index is 0.372. The first-order valence-corrected chi connectivity index (χ1v) is 7.95. The van der Waals surface area contributed by atoms with Gasteiger partial charge in [0.1, 0.15) is 0 Å². The maximum absolute atomic E-state index is 5.58. The Morgan fingerprint density at radius 2 is 1.95 bits per heavy atom. The summed E-state index contributed by atoms with van der Waals surface area (Å²) in [6, 6.07) is 9.96. The first kappa shape index (κ1) is 14.1. The molecule has 1 unspecified atom stereocenters. The molecule has 2 aliphatic rings. The van der Waals surface area contributed by atoms with Crippen molar-refractivity contribution in [2.45, 2.75) is 44.9 Å². The zero-order valence-electron chi connectivity index (χ0n) is 12.5. The molecule has 1 aliphatic heterocycles. The highest BCUT2D eigenvalue weighted by Crippen LogP contribution is 2.18. The van der Waals surface area contributed by atoms with Gasteiger partial charge in [0.25, 0.3) is 0 Å². The molecule has 0 aromatic heterocycles. The van der Waals surface area contributed by atoms with Crippen molar-refractivity contribution in [1.29, 1.82) is 0 Å². The van der Waals surface area contributed by atoms with Gasteiger partial charge >= 0.3 is 0 Å². The highest BCUT2D eigenvalue weighted by molar-refractivity contribution is 5.22. The van der Waals surface area contributed by atoms with Gasteiger partial charge in [0.2, 0.25) is 0 Å². The fourth-order valence-corrected chi connectivity index (χ4v) is 2.81. The van der Waals surface area contributed by atoms with Crippen molar-refractivity contribution in [3.05, 3.63) is 35.4 Å². The molecule has 3 heteroatoms. The molecule has 0 spiro atoms. The molecule has 1 aliphatic carbocycles. The highest BCUT2D eigenvalue weighted by Gasteiger charge is 2.19. The van der Waals surface area contributed by atoms with Crippen LogP contribution < -0.4 is 5.32 Å². The Kier molecular flexibility index (Phi) is 4.71. The molecule has 2 fully saturated rings. The molecule has 1 aromatic carbocycles. The van der Waals surface area contributed by atoms with E-state index in [0.29, 0.717) is 6.10 Å². The van der Waals surface area contributed by atoms with Crippen LogP contribution in [0.3, 0.4) is 0 Å². The quantitative estimate of drug-likeness (QED) is 0.861. The summed E-state index contributed by atoms with van der Waals surface area (Å²) < 4.78 is 5.58. The van der Waals surface area contributed by atoms with Crippen molar-refractivity contribution in [1.82, 2.24) is 10.2 Å². The molecule has 0 bridgehead atoms. The summed E-state index contributed by atoms with van der Waals surface area (Å²) in [6.07, 6.45) is 4.26. The Morgan fingerprint density at radius 1 is 1.20 bits per heavy atom. The number of hydrogen-bond acceptors (Lipinski definition) is 3.